The zero-order valence-corrected chi connectivity index (χ0v) is 11.8. The molecule has 1 fully saturated rings. The second kappa shape index (κ2) is 5.57. The van der Waals surface area contributed by atoms with Crippen molar-refractivity contribution in [2.24, 2.45) is 5.92 Å². The van der Waals surface area contributed by atoms with E-state index in [0.29, 0.717) is 6.42 Å². The van der Waals surface area contributed by atoms with Crippen LogP contribution < -0.4 is 5.32 Å². The zero-order chi connectivity index (χ0) is 16.6. The number of alkyl halides is 3. The minimum Gasteiger partial charge on any atom is -0.504 e. The maximum Gasteiger partial charge on any atom is 0.416 e. The van der Waals surface area contributed by atoms with Crippen molar-refractivity contribution in [1.82, 2.24) is 4.98 Å². The van der Waals surface area contributed by atoms with Gasteiger partial charge in [-0.1, -0.05) is 18.2 Å². The van der Waals surface area contributed by atoms with Gasteiger partial charge in [-0.2, -0.15) is 13.2 Å². The number of amides is 1. The summed E-state index contributed by atoms with van der Waals surface area (Å²) in [6.45, 7) is 0. The van der Waals surface area contributed by atoms with Crippen LogP contribution in [0.2, 0.25) is 0 Å². The van der Waals surface area contributed by atoms with E-state index in [1.165, 1.54) is 36.5 Å². The molecule has 0 bridgehead atoms. The van der Waals surface area contributed by atoms with Crippen LogP contribution in [-0.4, -0.2) is 16.0 Å². The van der Waals surface area contributed by atoms with Gasteiger partial charge in [0, 0.05) is 12.1 Å². The molecule has 120 valence electrons. The summed E-state index contributed by atoms with van der Waals surface area (Å²) in [6, 6.07) is 8.15. The molecule has 23 heavy (non-hydrogen) atoms. The van der Waals surface area contributed by atoms with Gasteiger partial charge in [0.15, 0.2) is 11.6 Å². The molecule has 1 aromatic carbocycles. The van der Waals surface area contributed by atoms with Crippen molar-refractivity contribution >= 4 is 11.7 Å². The number of benzene rings is 1. The number of carbonyl (C=O) groups excluding carboxylic acids is 1. The van der Waals surface area contributed by atoms with Crippen molar-refractivity contribution in [2.75, 3.05) is 5.32 Å². The van der Waals surface area contributed by atoms with E-state index in [2.05, 4.69) is 10.3 Å². The number of anilines is 1. The predicted molar refractivity (Wildman–Crippen MR) is 76.8 cm³/mol. The first kappa shape index (κ1) is 15.3. The average molecular weight is 322 g/mol. The van der Waals surface area contributed by atoms with Crippen molar-refractivity contribution in [2.45, 2.75) is 18.5 Å². The van der Waals surface area contributed by atoms with E-state index in [1.54, 1.807) is 0 Å². The van der Waals surface area contributed by atoms with E-state index in [9.17, 15) is 23.1 Å². The number of nitrogens with zero attached hydrogens (tertiary/aromatic N) is 1. The number of halogens is 3. The van der Waals surface area contributed by atoms with Crippen molar-refractivity contribution < 1.29 is 23.1 Å². The molecule has 2 aromatic rings. The number of aromatic hydroxyl groups is 1. The van der Waals surface area contributed by atoms with Crippen LogP contribution >= 0.6 is 0 Å². The molecule has 3 rings (SSSR count). The number of carbonyl (C=O) groups is 1. The van der Waals surface area contributed by atoms with Gasteiger partial charge in [-0.15, -0.1) is 0 Å². The van der Waals surface area contributed by atoms with Gasteiger partial charge in [-0.05, 0) is 36.1 Å². The number of nitrogens with one attached hydrogen (secondary N) is 1. The van der Waals surface area contributed by atoms with Crippen LogP contribution in [-0.2, 0) is 11.0 Å². The summed E-state index contributed by atoms with van der Waals surface area (Å²) in [5.74, 6) is -1.65. The smallest absolute Gasteiger partial charge is 0.416 e. The monoisotopic (exact) mass is 322 g/mol. The summed E-state index contributed by atoms with van der Waals surface area (Å²) >= 11 is 0. The molecule has 1 amide bonds. The minimum absolute atomic E-state index is 0.00672. The molecular weight excluding hydrogens is 309 g/mol. The fraction of sp³-hybridized carbons (Fsp3) is 0.250. The van der Waals surface area contributed by atoms with Crippen LogP contribution in [0.4, 0.5) is 19.0 Å². The van der Waals surface area contributed by atoms with Crippen LogP contribution in [0.1, 0.15) is 23.5 Å². The third-order valence-corrected chi connectivity index (χ3v) is 3.82. The summed E-state index contributed by atoms with van der Waals surface area (Å²) < 4.78 is 39.1. The van der Waals surface area contributed by atoms with Gasteiger partial charge in [0.2, 0.25) is 5.91 Å². The van der Waals surface area contributed by atoms with Crippen LogP contribution in [0.5, 0.6) is 5.75 Å². The molecule has 1 saturated carbocycles. The molecule has 1 heterocycles. The van der Waals surface area contributed by atoms with Gasteiger partial charge in [-0.3, -0.25) is 4.79 Å². The van der Waals surface area contributed by atoms with E-state index >= 15 is 0 Å². The molecular formula is C16H13F3N2O2. The van der Waals surface area contributed by atoms with Crippen molar-refractivity contribution in [3.63, 3.8) is 0 Å². The first-order valence-corrected chi connectivity index (χ1v) is 6.99. The Hall–Kier alpha value is -2.57. The topological polar surface area (TPSA) is 62.2 Å². The predicted octanol–water partition coefficient (Wildman–Crippen LogP) is 3.55. The lowest BCUT2D eigenvalue weighted by molar-refractivity contribution is -0.138. The van der Waals surface area contributed by atoms with Crippen molar-refractivity contribution in [1.29, 1.82) is 0 Å². The molecule has 0 spiro atoms. The van der Waals surface area contributed by atoms with Crippen LogP contribution in [0.25, 0.3) is 0 Å². The van der Waals surface area contributed by atoms with E-state index < -0.39 is 29.5 Å². The number of aromatic nitrogens is 1. The average Bonchev–Trinajstić information content (AvgIpc) is 3.29. The highest BCUT2D eigenvalue weighted by atomic mass is 19.4. The highest BCUT2D eigenvalue weighted by Crippen LogP contribution is 2.51. The molecule has 1 aromatic heterocycles. The lowest BCUT2D eigenvalue weighted by atomic mass is 10.0. The lowest BCUT2D eigenvalue weighted by Gasteiger charge is -2.12. The Balaban J connectivity index is 1.75. The summed E-state index contributed by atoms with van der Waals surface area (Å²) in [5.41, 5.74) is -0.577. The highest BCUT2D eigenvalue weighted by molar-refractivity contribution is 5.95. The Morgan fingerprint density at radius 2 is 1.96 bits per heavy atom. The standard InChI is InChI=1S/C16H13F3N2O2/c17-16(18,19)12-5-2-1-4-9(12)10-8-11(10)15(23)21-14-13(22)6-3-7-20-14/h1-7,10-11,22H,8H2,(H,20,21,23). The number of hydrogen-bond donors (Lipinski definition) is 2. The second-order valence-corrected chi connectivity index (χ2v) is 5.39. The first-order chi connectivity index (χ1) is 10.9. The van der Waals surface area contributed by atoms with Gasteiger partial charge in [0.25, 0.3) is 0 Å². The lowest BCUT2D eigenvalue weighted by Crippen LogP contribution is -2.16. The molecule has 2 atom stereocenters. The van der Waals surface area contributed by atoms with E-state index in [0.717, 1.165) is 6.07 Å². The Labute approximate surface area is 130 Å². The van der Waals surface area contributed by atoms with Crippen LogP contribution in [0, 0.1) is 5.92 Å². The largest absolute Gasteiger partial charge is 0.504 e. The number of hydrogen-bond acceptors (Lipinski definition) is 3. The molecule has 0 radical (unpaired) electrons. The fourth-order valence-electron chi connectivity index (χ4n) is 2.61. The van der Waals surface area contributed by atoms with E-state index in [4.69, 9.17) is 0 Å². The first-order valence-electron chi connectivity index (χ1n) is 6.99. The molecule has 2 unspecified atom stereocenters. The van der Waals surface area contributed by atoms with Gasteiger partial charge in [0.05, 0.1) is 5.56 Å². The normalized spacial score (nSPS) is 20.1. The molecule has 0 aliphatic heterocycles. The maximum absolute atomic E-state index is 13.0. The molecule has 1 aliphatic carbocycles. The van der Waals surface area contributed by atoms with Crippen molar-refractivity contribution in [3.8, 4) is 5.75 Å². The summed E-state index contributed by atoms with van der Waals surface area (Å²) in [5, 5.41) is 12.0. The Kier molecular flexibility index (Phi) is 3.71. The molecule has 1 aliphatic rings. The van der Waals surface area contributed by atoms with Crippen molar-refractivity contribution in [3.05, 3.63) is 53.7 Å². The maximum atomic E-state index is 13.0. The third-order valence-electron chi connectivity index (χ3n) is 3.82. The zero-order valence-electron chi connectivity index (χ0n) is 11.8. The van der Waals surface area contributed by atoms with Gasteiger partial charge >= 0.3 is 6.18 Å². The molecule has 4 nitrogen and oxygen atoms in total. The second-order valence-electron chi connectivity index (χ2n) is 5.39. The van der Waals surface area contributed by atoms with Crippen LogP contribution in [0.3, 0.4) is 0 Å². The Bertz CT molecular complexity index is 746. The SMILES string of the molecule is O=C(Nc1ncccc1O)C1CC1c1ccccc1C(F)(F)F. The molecule has 0 saturated heterocycles. The van der Waals surface area contributed by atoms with E-state index in [-0.39, 0.29) is 17.1 Å². The van der Waals surface area contributed by atoms with Gasteiger partial charge in [0.1, 0.15) is 0 Å². The minimum atomic E-state index is -4.44. The fourth-order valence-corrected chi connectivity index (χ4v) is 2.61. The van der Waals surface area contributed by atoms with Crippen LogP contribution in [0.15, 0.2) is 42.6 Å². The van der Waals surface area contributed by atoms with Gasteiger partial charge in [-0.25, -0.2) is 4.98 Å². The van der Waals surface area contributed by atoms with Gasteiger partial charge < -0.3 is 10.4 Å². The Morgan fingerprint density at radius 1 is 1.22 bits per heavy atom. The highest BCUT2D eigenvalue weighted by Gasteiger charge is 2.48. The Morgan fingerprint density at radius 3 is 2.65 bits per heavy atom. The number of rotatable bonds is 3. The quantitative estimate of drug-likeness (QED) is 0.908. The number of pyridine rings is 1. The summed E-state index contributed by atoms with van der Waals surface area (Å²) in [4.78, 5) is 15.9. The summed E-state index contributed by atoms with van der Waals surface area (Å²) in [6.07, 6.45) is -2.70. The summed E-state index contributed by atoms with van der Waals surface area (Å²) in [7, 11) is 0. The molecule has 2 N–H and O–H groups in total. The third kappa shape index (κ3) is 3.13. The molecule has 7 heteroatoms. The van der Waals surface area contributed by atoms with E-state index in [1.807, 2.05) is 0 Å².